The minimum Gasteiger partial charge on any atom is -0.476 e. The van der Waals surface area contributed by atoms with E-state index in [9.17, 15) is 14.3 Å². The number of hydrogen-bond acceptors (Lipinski definition) is 9. The normalized spacial score (nSPS) is 21.6. The van der Waals surface area contributed by atoms with Crippen LogP contribution < -0.4 is 9.47 Å². The van der Waals surface area contributed by atoms with E-state index in [0.29, 0.717) is 41.6 Å². The Kier molecular flexibility index (Phi) is 6.46. The van der Waals surface area contributed by atoms with E-state index in [1.807, 2.05) is 28.8 Å². The first-order chi connectivity index (χ1) is 20.3. The molecule has 2 aromatic heterocycles. The third-order valence-electron chi connectivity index (χ3n) is 7.92. The van der Waals surface area contributed by atoms with Gasteiger partial charge in [-0.1, -0.05) is 29.5 Å². The van der Waals surface area contributed by atoms with E-state index in [1.165, 1.54) is 12.1 Å². The predicted molar refractivity (Wildman–Crippen MR) is 151 cm³/mol. The highest BCUT2D eigenvalue weighted by atomic mass is 32.1. The van der Waals surface area contributed by atoms with Crippen molar-refractivity contribution in [3.63, 3.8) is 0 Å². The SMILES string of the molecule is CC1(c2ccc(C#N)cc2F)Oc2cccc(C3=CCN(Cc4nc5sc(C(=O)O)nc5n4C[C@@H]4CCO4)CC3)c2O1. The summed E-state index contributed by atoms with van der Waals surface area (Å²) >= 11 is 1.09. The van der Waals surface area contributed by atoms with Gasteiger partial charge in [0.15, 0.2) is 22.0 Å². The zero-order chi connectivity index (χ0) is 29.0. The average molecular weight is 588 g/mol. The van der Waals surface area contributed by atoms with Gasteiger partial charge in [0.1, 0.15) is 11.6 Å². The van der Waals surface area contributed by atoms with Crippen molar-refractivity contribution < 1.29 is 28.5 Å². The molecule has 0 radical (unpaired) electrons. The Balaban J connectivity index is 1.10. The molecule has 4 aromatic rings. The van der Waals surface area contributed by atoms with Crippen molar-refractivity contribution in [1.82, 2.24) is 19.4 Å². The van der Waals surface area contributed by atoms with E-state index in [4.69, 9.17) is 24.5 Å². The first-order valence-electron chi connectivity index (χ1n) is 13.6. The van der Waals surface area contributed by atoms with E-state index in [2.05, 4.69) is 16.0 Å². The Bertz CT molecular complexity index is 1810. The number of thiazole rings is 1. The number of carbonyl (C=O) groups is 1. The van der Waals surface area contributed by atoms with Gasteiger partial charge in [0.05, 0.1) is 36.4 Å². The molecule has 1 unspecified atom stereocenters. The number of nitrogens with zero attached hydrogens (tertiary/aromatic N) is 5. The van der Waals surface area contributed by atoms with E-state index < -0.39 is 17.6 Å². The number of nitriles is 1. The van der Waals surface area contributed by atoms with Gasteiger partial charge in [-0.25, -0.2) is 19.2 Å². The number of aromatic carboxylic acids is 1. The maximum Gasteiger partial charge on any atom is 0.365 e. The minimum absolute atomic E-state index is 0.0347. The molecule has 1 N–H and O–H groups in total. The summed E-state index contributed by atoms with van der Waals surface area (Å²) in [6.45, 7) is 5.03. The smallest absolute Gasteiger partial charge is 0.365 e. The maximum atomic E-state index is 14.9. The van der Waals surface area contributed by atoms with Gasteiger partial charge in [-0.15, -0.1) is 0 Å². The van der Waals surface area contributed by atoms with Crippen LogP contribution in [-0.4, -0.2) is 56.3 Å². The van der Waals surface area contributed by atoms with Crippen LogP contribution in [0.5, 0.6) is 11.5 Å². The molecule has 7 rings (SSSR count). The quantitative estimate of drug-likeness (QED) is 0.321. The Morgan fingerprint density at radius 2 is 2.14 bits per heavy atom. The third kappa shape index (κ3) is 4.59. The lowest BCUT2D eigenvalue weighted by atomic mass is 9.98. The van der Waals surface area contributed by atoms with Crippen molar-refractivity contribution in [2.45, 2.75) is 44.7 Å². The molecule has 0 spiro atoms. The monoisotopic (exact) mass is 587 g/mol. The Morgan fingerprint density at radius 1 is 1.29 bits per heavy atom. The Labute approximate surface area is 244 Å². The zero-order valence-corrected chi connectivity index (χ0v) is 23.5. The van der Waals surface area contributed by atoms with Gasteiger partial charge >= 0.3 is 5.97 Å². The first kappa shape index (κ1) is 26.6. The second-order valence-corrected chi connectivity index (χ2v) is 11.7. The van der Waals surface area contributed by atoms with Crippen molar-refractivity contribution in [3.8, 4) is 17.6 Å². The highest BCUT2D eigenvalue weighted by Gasteiger charge is 2.42. The van der Waals surface area contributed by atoms with Gasteiger partial charge in [0.2, 0.25) is 5.01 Å². The number of carboxylic acids is 1. The number of carboxylic acid groups (broad SMARTS) is 1. The Hall–Kier alpha value is -4.31. The molecule has 1 saturated heterocycles. The van der Waals surface area contributed by atoms with Gasteiger partial charge in [0, 0.05) is 32.2 Å². The summed E-state index contributed by atoms with van der Waals surface area (Å²) in [5.74, 6) is -1.03. The van der Waals surface area contributed by atoms with Crippen LogP contribution in [0.15, 0.2) is 42.5 Å². The molecule has 42 heavy (non-hydrogen) atoms. The molecular weight excluding hydrogens is 561 g/mol. The lowest BCUT2D eigenvalue weighted by Crippen LogP contribution is -2.34. The van der Waals surface area contributed by atoms with E-state index in [-0.39, 0.29) is 22.2 Å². The highest BCUT2D eigenvalue weighted by molar-refractivity contribution is 7.19. The lowest BCUT2D eigenvalue weighted by molar-refractivity contribution is -0.0708. The van der Waals surface area contributed by atoms with Crippen molar-refractivity contribution >= 4 is 33.4 Å². The topological polar surface area (TPSA) is 123 Å². The summed E-state index contributed by atoms with van der Waals surface area (Å²) in [7, 11) is 0. The fourth-order valence-electron chi connectivity index (χ4n) is 5.63. The molecule has 3 aliphatic heterocycles. The largest absolute Gasteiger partial charge is 0.476 e. The molecule has 5 heterocycles. The number of fused-ring (bicyclic) bond motifs is 2. The highest BCUT2D eigenvalue weighted by Crippen LogP contribution is 2.49. The molecule has 0 amide bonds. The summed E-state index contributed by atoms with van der Waals surface area (Å²) in [5.41, 5.74) is 3.05. The number of halogens is 1. The fourth-order valence-corrected chi connectivity index (χ4v) is 6.43. The fraction of sp³-hybridized carbons (Fsp3) is 0.333. The summed E-state index contributed by atoms with van der Waals surface area (Å²) < 4.78 is 34.9. The number of aromatic nitrogens is 3. The lowest BCUT2D eigenvalue weighted by Gasteiger charge is -2.29. The molecular formula is C30H26FN5O5S. The standard InChI is InChI=1S/C30H26FN5O5S/c1-30(21-6-5-17(14-32)13-22(21)31)40-23-4-2-3-20(25(23)41-30)18-7-10-35(11-8-18)16-24-33-27-26(34-28(42-27)29(37)38)36(24)15-19-9-12-39-19/h2-7,13,19H,8-12,15-16H2,1H3,(H,37,38)/t19-,30?/m0/s1. The third-order valence-corrected chi connectivity index (χ3v) is 8.85. The van der Waals surface area contributed by atoms with E-state index >= 15 is 0 Å². The summed E-state index contributed by atoms with van der Waals surface area (Å²) in [6, 6.07) is 11.9. The van der Waals surface area contributed by atoms with Crippen molar-refractivity contribution in [2.75, 3.05) is 19.7 Å². The summed E-state index contributed by atoms with van der Waals surface area (Å²) in [6.07, 6.45) is 3.94. The van der Waals surface area contributed by atoms with Crippen LogP contribution in [0.25, 0.3) is 16.1 Å². The molecule has 2 aromatic carbocycles. The van der Waals surface area contributed by atoms with Crippen LogP contribution in [-0.2, 0) is 23.6 Å². The molecule has 12 heteroatoms. The van der Waals surface area contributed by atoms with Crippen LogP contribution in [0.1, 0.15) is 52.1 Å². The number of ether oxygens (including phenoxy) is 3. The van der Waals surface area contributed by atoms with Crippen molar-refractivity contribution in [3.05, 3.63) is 75.8 Å². The van der Waals surface area contributed by atoms with Crippen LogP contribution in [0.3, 0.4) is 0 Å². The molecule has 0 bridgehead atoms. The van der Waals surface area contributed by atoms with Gasteiger partial charge in [-0.2, -0.15) is 5.26 Å². The molecule has 2 atom stereocenters. The number of para-hydroxylation sites is 1. The van der Waals surface area contributed by atoms with Crippen LogP contribution >= 0.6 is 11.3 Å². The molecule has 10 nitrogen and oxygen atoms in total. The number of hydrogen-bond donors (Lipinski definition) is 1. The summed E-state index contributed by atoms with van der Waals surface area (Å²) in [4.78, 5) is 23.5. The van der Waals surface area contributed by atoms with Crippen LogP contribution in [0.2, 0.25) is 0 Å². The minimum atomic E-state index is -1.36. The van der Waals surface area contributed by atoms with Crippen LogP contribution in [0, 0.1) is 17.1 Å². The summed E-state index contributed by atoms with van der Waals surface area (Å²) in [5, 5.41) is 18.5. The molecule has 3 aliphatic rings. The Morgan fingerprint density at radius 3 is 2.83 bits per heavy atom. The molecule has 0 saturated carbocycles. The van der Waals surface area contributed by atoms with Crippen molar-refractivity contribution in [2.24, 2.45) is 0 Å². The molecule has 1 fully saturated rings. The molecule has 214 valence electrons. The van der Waals surface area contributed by atoms with Crippen molar-refractivity contribution in [1.29, 1.82) is 5.26 Å². The number of rotatable bonds is 7. The zero-order valence-electron chi connectivity index (χ0n) is 22.7. The molecule has 0 aliphatic carbocycles. The van der Waals surface area contributed by atoms with E-state index in [0.717, 1.165) is 54.3 Å². The second-order valence-electron chi connectivity index (χ2n) is 10.7. The first-order valence-corrected chi connectivity index (χ1v) is 14.5. The van der Waals surface area contributed by atoms with Gasteiger partial charge in [-0.05, 0) is 42.7 Å². The average Bonchev–Trinajstić information content (AvgIpc) is 3.62. The van der Waals surface area contributed by atoms with E-state index in [1.54, 1.807) is 13.0 Å². The number of benzene rings is 2. The van der Waals surface area contributed by atoms with Crippen LogP contribution in [0.4, 0.5) is 4.39 Å². The maximum absolute atomic E-state index is 14.9. The predicted octanol–water partition coefficient (Wildman–Crippen LogP) is 4.92. The van der Waals surface area contributed by atoms with Gasteiger partial charge in [0.25, 0.3) is 5.79 Å². The van der Waals surface area contributed by atoms with Gasteiger partial charge in [-0.3, -0.25) is 4.90 Å². The number of imidazole rings is 1. The van der Waals surface area contributed by atoms with Gasteiger partial charge < -0.3 is 23.9 Å². The second kappa shape index (κ2) is 10.2.